The third-order valence-electron chi connectivity index (χ3n) is 1.47. The molecule has 0 fully saturated rings. The maximum Gasteiger partial charge on any atom is 0.343 e. The van der Waals surface area contributed by atoms with Crippen LogP contribution in [-0.2, 0) is 6.54 Å². The van der Waals surface area contributed by atoms with Gasteiger partial charge in [-0.25, -0.2) is 4.98 Å². The average Bonchev–Trinajstić information content (AvgIpc) is 2.34. The van der Waals surface area contributed by atoms with Crippen LogP contribution in [0.2, 0.25) is 0 Å². The Hall–Kier alpha value is -1.83. The van der Waals surface area contributed by atoms with Crippen molar-refractivity contribution in [3.05, 3.63) is 22.1 Å². The van der Waals surface area contributed by atoms with Crippen LogP contribution in [0.5, 0.6) is 0 Å². The maximum absolute atomic E-state index is 10.4. The van der Waals surface area contributed by atoms with Crippen LogP contribution in [0.4, 0.5) is 5.82 Å². The van der Waals surface area contributed by atoms with E-state index in [0.29, 0.717) is 5.82 Å². The molecule has 0 aliphatic rings. The van der Waals surface area contributed by atoms with Crippen LogP contribution in [0.3, 0.4) is 0 Å². The summed E-state index contributed by atoms with van der Waals surface area (Å²) in [6, 6.07) is 0. The van der Waals surface area contributed by atoms with Gasteiger partial charge in [-0.1, -0.05) is 5.92 Å². The van der Waals surface area contributed by atoms with Gasteiger partial charge >= 0.3 is 5.82 Å². The molecule has 1 aromatic rings. The Morgan fingerprint density at radius 1 is 1.92 bits per heavy atom. The van der Waals surface area contributed by atoms with E-state index in [0.717, 1.165) is 0 Å². The van der Waals surface area contributed by atoms with Crippen molar-refractivity contribution in [2.45, 2.75) is 13.5 Å². The summed E-state index contributed by atoms with van der Waals surface area (Å²) in [5.41, 5.74) is 0. The highest BCUT2D eigenvalue weighted by atomic mass is 16.6. The molecule has 0 spiro atoms. The van der Waals surface area contributed by atoms with E-state index in [1.165, 1.54) is 10.8 Å². The second kappa shape index (κ2) is 3.05. The van der Waals surface area contributed by atoms with Gasteiger partial charge in [0.05, 0.1) is 0 Å². The molecule has 0 aliphatic carbocycles. The summed E-state index contributed by atoms with van der Waals surface area (Å²) in [4.78, 5) is 13.7. The maximum atomic E-state index is 10.4. The highest BCUT2D eigenvalue weighted by molar-refractivity contribution is 5.20. The fraction of sp³-hybridized carbons (Fsp3) is 0.286. The van der Waals surface area contributed by atoms with Crippen molar-refractivity contribution in [2.24, 2.45) is 0 Å². The Balaban J connectivity index is 3.14. The molecule has 0 atom stereocenters. The number of hydrogen-bond acceptors (Lipinski definition) is 3. The second-order valence-corrected chi connectivity index (χ2v) is 2.21. The molecule has 0 aliphatic heterocycles. The minimum atomic E-state index is -0.503. The van der Waals surface area contributed by atoms with Gasteiger partial charge in [-0.2, -0.15) is 4.57 Å². The first-order chi connectivity index (χ1) is 5.66. The van der Waals surface area contributed by atoms with Gasteiger partial charge in [-0.15, -0.1) is 6.42 Å². The number of terminal acetylenes is 1. The molecule has 0 aromatic carbocycles. The monoisotopic (exact) mass is 165 g/mol. The number of hydrogen-bond donors (Lipinski definition) is 0. The van der Waals surface area contributed by atoms with Crippen LogP contribution in [0, 0.1) is 29.4 Å². The predicted molar refractivity (Wildman–Crippen MR) is 42.5 cm³/mol. The molecular formula is C7H7N3O2. The summed E-state index contributed by atoms with van der Waals surface area (Å²) in [7, 11) is 0. The van der Waals surface area contributed by atoms with Crippen molar-refractivity contribution in [3.63, 3.8) is 0 Å². The Kier molecular flexibility index (Phi) is 2.10. The number of nitro groups is 1. The normalized spacial score (nSPS) is 9.33. The van der Waals surface area contributed by atoms with Crippen LogP contribution in [-0.4, -0.2) is 14.5 Å². The minimum Gasteiger partial charge on any atom is -0.358 e. The molecule has 0 amide bonds. The number of nitrogens with zero attached hydrogens (tertiary/aromatic N) is 3. The summed E-state index contributed by atoms with van der Waals surface area (Å²) in [5, 5.41) is 10.4. The number of rotatable bonds is 2. The molecular weight excluding hydrogens is 158 g/mol. The van der Waals surface area contributed by atoms with Crippen molar-refractivity contribution in [1.29, 1.82) is 0 Å². The number of aryl methyl sites for hydroxylation is 1. The van der Waals surface area contributed by atoms with Gasteiger partial charge < -0.3 is 10.1 Å². The highest BCUT2D eigenvalue weighted by Gasteiger charge is 2.15. The first kappa shape index (κ1) is 8.27. The van der Waals surface area contributed by atoms with Crippen LogP contribution in [0.25, 0.3) is 0 Å². The molecule has 0 saturated heterocycles. The van der Waals surface area contributed by atoms with Crippen LogP contribution < -0.4 is 0 Å². The van der Waals surface area contributed by atoms with Crippen LogP contribution >= 0.6 is 0 Å². The van der Waals surface area contributed by atoms with Crippen molar-refractivity contribution in [1.82, 2.24) is 9.55 Å². The fourth-order valence-corrected chi connectivity index (χ4v) is 0.889. The predicted octanol–water partition coefficient (Wildman–Crippen LogP) is 0.733. The Morgan fingerprint density at radius 3 is 3.08 bits per heavy atom. The first-order valence-corrected chi connectivity index (χ1v) is 3.26. The van der Waals surface area contributed by atoms with E-state index >= 15 is 0 Å². The lowest BCUT2D eigenvalue weighted by Crippen LogP contribution is -2.03. The van der Waals surface area contributed by atoms with Gasteiger partial charge in [0.2, 0.25) is 0 Å². The van der Waals surface area contributed by atoms with Crippen molar-refractivity contribution < 1.29 is 4.92 Å². The Labute approximate surface area is 69.2 Å². The molecule has 5 heteroatoms. The molecule has 1 heterocycles. The van der Waals surface area contributed by atoms with E-state index in [4.69, 9.17) is 6.42 Å². The highest BCUT2D eigenvalue weighted by Crippen LogP contribution is 2.12. The van der Waals surface area contributed by atoms with E-state index in [-0.39, 0.29) is 12.4 Å². The van der Waals surface area contributed by atoms with Gasteiger partial charge in [0, 0.05) is 6.92 Å². The topological polar surface area (TPSA) is 61.0 Å². The van der Waals surface area contributed by atoms with E-state index in [1.807, 2.05) is 0 Å². The molecule has 0 unspecified atom stereocenters. The molecule has 12 heavy (non-hydrogen) atoms. The average molecular weight is 165 g/mol. The van der Waals surface area contributed by atoms with E-state index in [2.05, 4.69) is 10.9 Å². The molecule has 1 rings (SSSR count). The minimum absolute atomic E-state index is 0.0644. The zero-order valence-corrected chi connectivity index (χ0v) is 6.52. The molecule has 62 valence electrons. The van der Waals surface area contributed by atoms with E-state index in [9.17, 15) is 10.1 Å². The lowest BCUT2D eigenvalue weighted by atomic mass is 10.6. The van der Waals surface area contributed by atoms with Crippen molar-refractivity contribution >= 4 is 5.82 Å². The standard InChI is InChI=1S/C7H7N3O2/c1-3-4-9-6(2)8-5-7(9)10(11)12/h1,5H,4H2,2H3. The fourth-order valence-electron chi connectivity index (χ4n) is 0.889. The lowest BCUT2D eigenvalue weighted by Gasteiger charge is -1.96. The number of aromatic nitrogens is 2. The molecule has 5 nitrogen and oxygen atoms in total. The lowest BCUT2D eigenvalue weighted by molar-refractivity contribution is -0.392. The molecule has 0 radical (unpaired) electrons. The van der Waals surface area contributed by atoms with Gasteiger partial charge in [-0.05, 0) is 4.92 Å². The van der Waals surface area contributed by atoms with E-state index in [1.54, 1.807) is 6.92 Å². The summed E-state index contributed by atoms with van der Waals surface area (Å²) in [5.74, 6) is 2.82. The quantitative estimate of drug-likeness (QED) is 0.368. The zero-order valence-electron chi connectivity index (χ0n) is 6.52. The summed E-state index contributed by atoms with van der Waals surface area (Å²) in [6.07, 6.45) is 6.24. The van der Waals surface area contributed by atoms with Crippen molar-refractivity contribution in [2.75, 3.05) is 0 Å². The summed E-state index contributed by atoms with van der Waals surface area (Å²) < 4.78 is 1.38. The molecule has 0 saturated carbocycles. The Morgan fingerprint density at radius 2 is 2.58 bits per heavy atom. The first-order valence-electron chi connectivity index (χ1n) is 3.26. The summed E-state index contributed by atoms with van der Waals surface area (Å²) >= 11 is 0. The van der Waals surface area contributed by atoms with Gasteiger partial charge in [-0.3, -0.25) is 0 Å². The number of imidazole rings is 1. The SMILES string of the molecule is C#CCn1c([N+](=O)[O-])cnc1C. The van der Waals surface area contributed by atoms with Gasteiger partial charge in [0.25, 0.3) is 0 Å². The zero-order chi connectivity index (χ0) is 9.14. The van der Waals surface area contributed by atoms with Crippen LogP contribution in [0.15, 0.2) is 6.20 Å². The molecule has 0 bridgehead atoms. The van der Waals surface area contributed by atoms with Crippen LogP contribution in [0.1, 0.15) is 5.82 Å². The molecule has 1 aromatic heterocycles. The third kappa shape index (κ3) is 1.27. The smallest absolute Gasteiger partial charge is 0.343 e. The van der Waals surface area contributed by atoms with E-state index < -0.39 is 4.92 Å². The third-order valence-corrected chi connectivity index (χ3v) is 1.47. The molecule has 0 N–H and O–H groups in total. The Bertz CT molecular complexity index is 348. The summed E-state index contributed by atoms with van der Waals surface area (Å²) in [6.45, 7) is 1.85. The van der Waals surface area contributed by atoms with Crippen molar-refractivity contribution in [3.8, 4) is 12.3 Å². The van der Waals surface area contributed by atoms with Gasteiger partial charge in [0.1, 0.15) is 6.20 Å². The second-order valence-electron chi connectivity index (χ2n) is 2.21. The largest absolute Gasteiger partial charge is 0.358 e. The van der Waals surface area contributed by atoms with Gasteiger partial charge in [0.15, 0.2) is 12.4 Å².